The van der Waals surface area contributed by atoms with Gasteiger partial charge in [-0.15, -0.1) is 10.2 Å². The molecule has 0 bridgehead atoms. The number of amides is 2. The van der Waals surface area contributed by atoms with E-state index in [2.05, 4.69) is 30.3 Å². The van der Waals surface area contributed by atoms with Crippen molar-refractivity contribution in [3.63, 3.8) is 0 Å². The first-order chi connectivity index (χ1) is 13.7. The zero-order chi connectivity index (χ0) is 19.5. The molecule has 3 heterocycles. The molecule has 9 nitrogen and oxygen atoms in total. The summed E-state index contributed by atoms with van der Waals surface area (Å²) in [4.78, 5) is 26.3. The van der Waals surface area contributed by atoms with Crippen LogP contribution in [-0.2, 0) is 9.53 Å². The van der Waals surface area contributed by atoms with Gasteiger partial charge in [0.15, 0.2) is 5.16 Å². The fourth-order valence-corrected chi connectivity index (χ4v) is 4.52. The van der Waals surface area contributed by atoms with E-state index >= 15 is 0 Å². The Hall–Kier alpha value is -2.23. The van der Waals surface area contributed by atoms with Gasteiger partial charge in [-0.1, -0.05) is 11.8 Å². The van der Waals surface area contributed by atoms with Crippen molar-refractivity contribution in [3.8, 4) is 0 Å². The van der Waals surface area contributed by atoms with E-state index in [-0.39, 0.29) is 12.6 Å². The monoisotopic (exact) mass is 406 g/mol. The lowest BCUT2D eigenvalue weighted by Gasteiger charge is -2.28. The molecule has 0 radical (unpaired) electrons. The minimum absolute atomic E-state index is 0.175. The summed E-state index contributed by atoms with van der Waals surface area (Å²) in [7, 11) is 0. The quantitative estimate of drug-likeness (QED) is 0.526. The molecule has 0 unspecified atom stereocenters. The summed E-state index contributed by atoms with van der Waals surface area (Å²) in [6.07, 6.45) is 5.94. The highest BCUT2D eigenvalue weighted by Gasteiger charge is 2.32. The van der Waals surface area contributed by atoms with Crippen molar-refractivity contribution in [2.75, 3.05) is 36.9 Å². The molecule has 3 aliphatic rings. The number of nitrogens with one attached hydrogen (secondary N) is 2. The molecule has 0 aromatic carbocycles. The number of nitrogens with zero attached hydrogens (tertiary/aromatic N) is 4. The van der Waals surface area contributed by atoms with Crippen LogP contribution in [0.2, 0.25) is 0 Å². The number of hydrogen-bond donors (Lipinski definition) is 2. The van der Waals surface area contributed by atoms with Crippen molar-refractivity contribution in [1.29, 1.82) is 0 Å². The third kappa shape index (κ3) is 4.11. The Bertz CT molecular complexity index is 782. The Labute approximate surface area is 168 Å². The van der Waals surface area contributed by atoms with Gasteiger partial charge in [0.2, 0.25) is 5.95 Å². The van der Waals surface area contributed by atoms with Crippen LogP contribution in [0.3, 0.4) is 0 Å². The fourth-order valence-electron chi connectivity index (χ4n) is 3.54. The topological polar surface area (TPSA) is 101 Å². The molecule has 1 aliphatic carbocycles. The summed E-state index contributed by atoms with van der Waals surface area (Å²) >= 11 is 1.50. The van der Waals surface area contributed by atoms with E-state index in [4.69, 9.17) is 4.74 Å². The SMILES string of the molecule is CCOC(=O)C1=C(CSc2nnc(N3CCCCC3)n2C2CC2)NC(=O)NC1. The molecule has 2 amide bonds. The molecule has 152 valence electrons. The van der Waals surface area contributed by atoms with Crippen molar-refractivity contribution >= 4 is 29.7 Å². The Morgan fingerprint density at radius 3 is 2.75 bits per heavy atom. The summed E-state index contributed by atoms with van der Waals surface area (Å²) in [6, 6.07) is 0.150. The number of thioether (sulfide) groups is 1. The molecular weight excluding hydrogens is 380 g/mol. The number of urea groups is 1. The van der Waals surface area contributed by atoms with E-state index in [9.17, 15) is 9.59 Å². The molecule has 1 saturated heterocycles. The van der Waals surface area contributed by atoms with Crippen molar-refractivity contribution in [2.45, 2.75) is 50.2 Å². The van der Waals surface area contributed by atoms with Crippen LogP contribution >= 0.6 is 11.8 Å². The average Bonchev–Trinajstić information content (AvgIpc) is 3.46. The van der Waals surface area contributed by atoms with E-state index in [1.165, 1.54) is 31.0 Å². The summed E-state index contributed by atoms with van der Waals surface area (Å²) < 4.78 is 7.36. The predicted octanol–water partition coefficient (Wildman–Crippen LogP) is 1.83. The van der Waals surface area contributed by atoms with Gasteiger partial charge in [0, 0.05) is 30.6 Å². The number of aromatic nitrogens is 3. The van der Waals surface area contributed by atoms with Gasteiger partial charge in [0.05, 0.1) is 18.7 Å². The Kier molecular flexibility index (Phi) is 5.74. The van der Waals surface area contributed by atoms with Crippen LogP contribution in [0.25, 0.3) is 0 Å². The number of ether oxygens (including phenoxy) is 1. The van der Waals surface area contributed by atoms with E-state index < -0.39 is 5.97 Å². The standard InChI is InChI=1S/C18H26N6O3S/c1-2-27-15(25)13-10-19-16(26)20-14(13)11-28-18-22-21-17(24(18)12-6-7-12)23-8-4-3-5-9-23/h12H,2-11H2,1H3,(H2,19,20,26). The highest BCUT2D eigenvalue weighted by atomic mass is 32.2. The normalized spacial score (nSPS) is 20.0. The maximum atomic E-state index is 12.2. The molecule has 1 aromatic rings. The second-order valence-electron chi connectivity index (χ2n) is 7.21. The minimum Gasteiger partial charge on any atom is -0.463 e. The summed E-state index contributed by atoms with van der Waals surface area (Å²) in [6.45, 7) is 4.29. The van der Waals surface area contributed by atoms with Crippen LogP contribution in [0, 0.1) is 0 Å². The van der Waals surface area contributed by atoms with Crippen molar-refractivity contribution in [3.05, 3.63) is 11.3 Å². The van der Waals surface area contributed by atoms with Crippen LogP contribution < -0.4 is 15.5 Å². The summed E-state index contributed by atoms with van der Waals surface area (Å²) in [5, 5.41) is 15.1. The van der Waals surface area contributed by atoms with E-state index in [1.807, 2.05) is 0 Å². The lowest BCUT2D eigenvalue weighted by molar-refractivity contribution is -0.138. The Morgan fingerprint density at radius 2 is 2.04 bits per heavy atom. The number of esters is 1. The van der Waals surface area contributed by atoms with Gasteiger partial charge in [-0.3, -0.25) is 4.57 Å². The second kappa shape index (κ2) is 8.42. The third-order valence-electron chi connectivity index (χ3n) is 5.12. The number of anilines is 1. The molecule has 10 heteroatoms. The van der Waals surface area contributed by atoms with Gasteiger partial charge in [-0.25, -0.2) is 9.59 Å². The molecule has 2 N–H and O–H groups in total. The van der Waals surface area contributed by atoms with Crippen LogP contribution in [0.15, 0.2) is 16.4 Å². The van der Waals surface area contributed by atoms with E-state index in [0.29, 0.717) is 29.7 Å². The predicted molar refractivity (Wildman–Crippen MR) is 105 cm³/mol. The number of carbonyl (C=O) groups excluding carboxylic acids is 2. The van der Waals surface area contributed by atoms with E-state index in [1.54, 1.807) is 6.92 Å². The number of rotatable bonds is 7. The first-order valence-corrected chi connectivity index (χ1v) is 10.9. The molecule has 1 aromatic heterocycles. The maximum absolute atomic E-state index is 12.2. The first-order valence-electron chi connectivity index (χ1n) is 9.94. The fraction of sp³-hybridized carbons (Fsp3) is 0.667. The van der Waals surface area contributed by atoms with Gasteiger partial charge in [-0.2, -0.15) is 0 Å². The largest absolute Gasteiger partial charge is 0.463 e. The first kappa shape index (κ1) is 19.1. The molecule has 2 fully saturated rings. The zero-order valence-electron chi connectivity index (χ0n) is 16.1. The van der Waals surface area contributed by atoms with Gasteiger partial charge < -0.3 is 20.3 Å². The Morgan fingerprint density at radius 1 is 1.25 bits per heavy atom. The van der Waals surface area contributed by atoms with Crippen LogP contribution in [0.1, 0.15) is 45.1 Å². The lowest BCUT2D eigenvalue weighted by atomic mass is 10.1. The maximum Gasteiger partial charge on any atom is 0.337 e. The van der Waals surface area contributed by atoms with Crippen LogP contribution in [-0.4, -0.2) is 58.8 Å². The van der Waals surface area contributed by atoms with Gasteiger partial charge >= 0.3 is 12.0 Å². The van der Waals surface area contributed by atoms with Gasteiger partial charge in [0.1, 0.15) is 0 Å². The highest BCUT2D eigenvalue weighted by Crippen LogP contribution is 2.41. The highest BCUT2D eigenvalue weighted by molar-refractivity contribution is 7.99. The number of hydrogen-bond acceptors (Lipinski definition) is 7. The average molecular weight is 407 g/mol. The minimum atomic E-state index is -0.400. The molecule has 0 spiro atoms. The molecule has 2 aliphatic heterocycles. The molecule has 0 atom stereocenters. The summed E-state index contributed by atoms with van der Waals surface area (Å²) in [5.74, 6) is 0.994. The number of piperidine rings is 1. The van der Waals surface area contributed by atoms with Crippen molar-refractivity contribution in [2.24, 2.45) is 0 Å². The van der Waals surface area contributed by atoms with Gasteiger partial charge in [0.25, 0.3) is 0 Å². The second-order valence-corrected chi connectivity index (χ2v) is 8.15. The molecule has 28 heavy (non-hydrogen) atoms. The molecular formula is C18H26N6O3S. The van der Waals surface area contributed by atoms with Crippen molar-refractivity contribution in [1.82, 2.24) is 25.4 Å². The van der Waals surface area contributed by atoms with E-state index in [0.717, 1.165) is 37.0 Å². The van der Waals surface area contributed by atoms with Crippen LogP contribution in [0.4, 0.5) is 10.7 Å². The smallest absolute Gasteiger partial charge is 0.337 e. The van der Waals surface area contributed by atoms with Crippen molar-refractivity contribution < 1.29 is 14.3 Å². The number of carbonyl (C=O) groups is 2. The van der Waals surface area contributed by atoms with Gasteiger partial charge in [-0.05, 0) is 39.0 Å². The molecule has 1 saturated carbocycles. The zero-order valence-corrected chi connectivity index (χ0v) is 16.9. The molecule has 4 rings (SSSR count). The van der Waals surface area contributed by atoms with Crippen LogP contribution in [0.5, 0.6) is 0 Å². The summed E-state index contributed by atoms with van der Waals surface area (Å²) in [5.41, 5.74) is 1.04. The lowest BCUT2D eigenvalue weighted by Crippen LogP contribution is -2.44. The third-order valence-corrected chi connectivity index (χ3v) is 6.09. The Balaban J connectivity index is 1.52.